The fraction of sp³-hybridized carbons (Fsp3) is 0.333. The van der Waals surface area contributed by atoms with Gasteiger partial charge in [0, 0.05) is 23.2 Å². The van der Waals surface area contributed by atoms with Crippen molar-refractivity contribution in [2.24, 2.45) is 0 Å². The number of thiophene rings is 1. The Labute approximate surface area is 185 Å². The molecular formula is C24H25FN4OS. The number of carbonyl (C=O) groups is 1. The van der Waals surface area contributed by atoms with Crippen LogP contribution in [0.3, 0.4) is 0 Å². The van der Waals surface area contributed by atoms with Crippen molar-refractivity contribution in [3.63, 3.8) is 0 Å². The van der Waals surface area contributed by atoms with Crippen LogP contribution in [0.15, 0.2) is 41.8 Å². The van der Waals surface area contributed by atoms with Gasteiger partial charge < -0.3 is 9.88 Å². The van der Waals surface area contributed by atoms with E-state index in [2.05, 4.69) is 27.7 Å². The fourth-order valence-electron chi connectivity index (χ4n) is 4.27. The molecule has 1 amide bonds. The molecule has 0 bridgehead atoms. The molecule has 160 valence electrons. The maximum Gasteiger partial charge on any atom is 0.239 e. The summed E-state index contributed by atoms with van der Waals surface area (Å²) < 4.78 is 15.2. The van der Waals surface area contributed by atoms with Crippen LogP contribution in [0, 0.1) is 31.0 Å². The number of amides is 1. The van der Waals surface area contributed by atoms with Crippen molar-refractivity contribution in [1.29, 1.82) is 5.26 Å². The Kier molecular flexibility index (Phi) is 6.21. The second kappa shape index (κ2) is 9.04. The number of nitriles is 1. The van der Waals surface area contributed by atoms with Crippen LogP contribution >= 0.6 is 11.3 Å². The number of nitrogens with one attached hydrogen (secondary N) is 1. The van der Waals surface area contributed by atoms with E-state index in [0.29, 0.717) is 17.9 Å². The van der Waals surface area contributed by atoms with E-state index in [4.69, 9.17) is 0 Å². The maximum atomic E-state index is 13.3. The van der Waals surface area contributed by atoms with Gasteiger partial charge in [-0.25, -0.2) is 4.39 Å². The molecule has 4 rings (SSSR count). The molecule has 0 radical (unpaired) electrons. The van der Waals surface area contributed by atoms with Crippen LogP contribution in [0.1, 0.15) is 46.1 Å². The van der Waals surface area contributed by atoms with Crippen LogP contribution < -0.4 is 5.32 Å². The van der Waals surface area contributed by atoms with E-state index < -0.39 is 0 Å². The Balaban J connectivity index is 1.55. The van der Waals surface area contributed by atoms with E-state index in [1.54, 1.807) is 23.5 Å². The minimum absolute atomic E-state index is 0.127. The molecule has 31 heavy (non-hydrogen) atoms. The van der Waals surface area contributed by atoms with Gasteiger partial charge in [0.05, 0.1) is 12.1 Å². The predicted molar refractivity (Wildman–Crippen MR) is 121 cm³/mol. The third kappa shape index (κ3) is 4.41. The van der Waals surface area contributed by atoms with E-state index in [0.717, 1.165) is 36.2 Å². The summed E-state index contributed by atoms with van der Waals surface area (Å²) in [6, 6.07) is 13.0. The first-order valence-corrected chi connectivity index (χ1v) is 11.3. The second-order valence-electron chi connectivity index (χ2n) is 7.95. The average molecular weight is 437 g/mol. The number of hydrogen-bond donors (Lipinski definition) is 1. The molecule has 1 aromatic carbocycles. The summed E-state index contributed by atoms with van der Waals surface area (Å²) in [7, 11) is 0. The van der Waals surface area contributed by atoms with E-state index in [1.807, 2.05) is 24.5 Å². The normalized spacial score (nSPS) is 16.4. The number of carbonyl (C=O) groups excluding carboxylic acids is 1. The van der Waals surface area contributed by atoms with Crippen molar-refractivity contribution in [1.82, 2.24) is 9.47 Å². The highest BCUT2D eigenvalue weighted by Gasteiger charge is 2.29. The summed E-state index contributed by atoms with van der Waals surface area (Å²) in [6.07, 6.45) is 2.12. The third-order valence-electron chi connectivity index (χ3n) is 6.03. The van der Waals surface area contributed by atoms with Crippen LogP contribution in [0.5, 0.6) is 0 Å². The van der Waals surface area contributed by atoms with Gasteiger partial charge in [0.15, 0.2) is 0 Å². The van der Waals surface area contributed by atoms with Crippen LogP contribution in [-0.2, 0) is 11.3 Å². The minimum atomic E-state index is -0.290. The molecular weight excluding hydrogens is 411 g/mol. The van der Waals surface area contributed by atoms with Crippen molar-refractivity contribution >= 4 is 23.1 Å². The van der Waals surface area contributed by atoms with Crippen molar-refractivity contribution in [2.45, 2.75) is 39.3 Å². The Morgan fingerprint density at radius 1 is 1.29 bits per heavy atom. The summed E-state index contributed by atoms with van der Waals surface area (Å²) >= 11 is 1.72. The number of halogens is 1. The molecule has 1 atom stereocenters. The highest BCUT2D eigenvalue weighted by molar-refractivity contribution is 7.10. The number of nitrogens with zero attached hydrogens (tertiary/aromatic N) is 3. The van der Waals surface area contributed by atoms with Gasteiger partial charge in [-0.15, -0.1) is 11.3 Å². The molecule has 0 aliphatic carbocycles. The Morgan fingerprint density at radius 3 is 2.74 bits per heavy atom. The fourth-order valence-corrected chi connectivity index (χ4v) is 5.17. The molecule has 3 aromatic rings. The first kappa shape index (κ1) is 21.3. The third-order valence-corrected chi connectivity index (χ3v) is 7.01. The highest BCUT2D eigenvalue weighted by atomic mass is 32.1. The molecule has 3 heterocycles. The monoisotopic (exact) mass is 436 g/mol. The number of benzene rings is 1. The van der Waals surface area contributed by atoms with Crippen LogP contribution in [-0.4, -0.2) is 28.5 Å². The van der Waals surface area contributed by atoms with Gasteiger partial charge in [0.2, 0.25) is 5.91 Å². The number of likely N-dealkylation sites (tertiary alicyclic amines) is 1. The molecule has 1 fully saturated rings. The molecule has 0 unspecified atom stereocenters. The zero-order chi connectivity index (χ0) is 22.0. The Bertz CT molecular complexity index is 1110. The number of hydrogen-bond acceptors (Lipinski definition) is 4. The molecule has 1 saturated heterocycles. The van der Waals surface area contributed by atoms with E-state index in [9.17, 15) is 14.4 Å². The predicted octanol–water partition coefficient (Wildman–Crippen LogP) is 5.00. The van der Waals surface area contributed by atoms with Crippen LogP contribution in [0.25, 0.3) is 0 Å². The van der Waals surface area contributed by atoms with Gasteiger partial charge in [-0.1, -0.05) is 18.2 Å². The topological polar surface area (TPSA) is 61.1 Å². The SMILES string of the molecule is Cc1c(C#N)c(NC(=O)CN2CCC[C@@H]2c2cccs2)n(Cc2ccc(F)cc2)c1C. The van der Waals surface area contributed by atoms with Crippen molar-refractivity contribution in [2.75, 3.05) is 18.4 Å². The number of aromatic nitrogens is 1. The number of rotatable bonds is 6. The molecule has 1 N–H and O–H groups in total. The molecule has 1 aliphatic rings. The molecule has 5 nitrogen and oxygen atoms in total. The first-order chi connectivity index (χ1) is 15.0. The van der Waals surface area contributed by atoms with Gasteiger partial charge in [0.25, 0.3) is 0 Å². The van der Waals surface area contributed by atoms with Gasteiger partial charge >= 0.3 is 0 Å². The smallest absolute Gasteiger partial charge is 0.239 e. The quantitative estimate of drug-likeness (QED) is 0.591. The lowest BCUT2D eigenvalue weighted by molar-refractivity contribution is -0.117. The van der Waals surface area contributed by atoms with E-state index in [1.165, 1.54) is 17.0 Å². The summed E-state index contributed by atoms with van der Waals surface area (Å²) in [4.78, 5) is 16.5. The second-order valence-corrected chi connectivity index (χ2v) is 8.93. The molecule has 0 saturated carbocycles. The Morgan fingerprint density at radius 2 is 2.06 bits per heavy atom. The lowest BCUT2D eigenvalue weighted by Gasteiger charge is -2.23. The van der Waals surface area contributed by atoms with Gasteiger partial charge in [-0.2, -0.15) is 5.26 Å². The van der Waals surface area contributed by atoms with Gasteiger partial charge in [0.1, 0.15) is 17.7 Å². The largest absolute Gasteiger partial charge is 0.326 e. The molecule has 1 aliphatic heterocycles. The first-order valence-electron chi connectivity index (χ1n) is 10.4. The minimum Gasteiger partial charge on any atom is -0.326 e. The standard InChI is InChI=1S/C24H25FN4OS/c1-16-17(2)29(14-18-7-9-19(25)10-8-18)24(20(16)13-26)27-23(30)15-28-11-3-5-21(28)22-6-4-12-31-22/h4,6-10,12,21H,3,5,11,14-15H2,1-2H3,(H,27,30)/t21-/m1/s1. The maximum absolute atomic E-state index is 13.3. The van der Waals surface area contributed by atoms with Crippen LogP contribution in [0.4, 0.5) is 10.2 Å². The summed E-state index contributed by atoms with van der Waals surface area (Å²) in [5, 5.41) is 14.8. The molecule has 2 aromatic heterocycles. The number of anilines is 1. The molecule has 7 heteroatoms. The van der Waals surface area contributed by atoms with E-state index in [-0.39, 0.29) is 24.3 Å². The van der Waals surface area contributed by atoms with Gasteiger partial charge in [-0.05, 0) is 67.9 Å². The molecule has 0 spiro atoms. The van der Waals surface area contributed by atoms with Crippen LogP contribution in [0.2, 0.25) is 0 Å². The summed E-state index contributed by atoms with van der Waals surface area (Å²) in [5.41, 5.74) is 3.13. The van der Waals surface area contributed by atoms with Crippen molar-refractivity contribution in [3.8, 4) is 6.07 Å². The van der Waals surface area contributed by atoms with Gasteiger partial charge in [-0.3, -0.25) is 9.69 Å². The summed E-state index contributed by atoms with van der Waals surface area (Å²) in [5.74, 6) is 0.0952. The Hall–Kier alpha value is -2.95. The zero-order valence-corrected chi connectivity index (χ0v) is 18.5. The summed E-state index contributed by atoms with van der Waals surface area (Å²) in [6.45, 7) is 5.44. The highest BCUT2D eigenvalue weighted by Crippen LogP contribution is 2.34. The van der Waals surface area contributed by atoms with Crippen molar-refractivity contribution in [3.05, 3.63) is 74.9 Å². The zero-order valence-electron chi connectivity index (χ0n) is 17.7. The lowest BCUT2D eigenvalue weighted by Crippen LogP contribution is -2.33. The van der Waals surface area contributed by atoms with Crippen molar-refractivity contribution < 1.29 is 9.18 Å². The lowest BCUT2D eigenvalue weighted by atomic mass is 10.2. The van der Waals surface area contributed by atoms with E-state index >= 15 is 0 Å². The average Bonchev–Trinajstić information content (AvgIpc) is 3.47.